The molecule has 0 amide bonds. The molecule has 15 atom stereocenters. The summed E-state index contributed by atoms with van der Waals surface area (Å²) < 4.78 is 105. The molecule has 0 radical (unpaired) electrons. The first-order valence-corrected chi connectivity index (χ1v) is 34.2. The predicted octanol–water partition coefficient (Wildman–Crippen LogP) is 13.0. The molecule has 3 heterocycles. The van der Waals surface area contributed by atoms with Gasteiger partial charge >= 0.3 is 5.97 Å². The van der Waals surface area contributed by atoms with Crippen LogP contribution < -0.4 is 0 Å². The Kier molecular flexibility index (Phi) is 27.3. The van der Waals surface area contributed by atoms with E-state index in [1.54, 1.807) is 0 Å². The third kappa shape index (κ3) is 21.0. The lowest BCUT2D eigenvalue weighted by Crippen LogP contribution is -2.67. The molecule has 1 N–H and O–H groups in total. The van der Waals surface area contributed by atoms with Gasteiger partial charge < -0.3 is 76.2 Å². The normalized spacial score (nSPS) is 25.2. The van der Waals surface area contributed by atoms with E-state index in [1.165, 1.54) is 6.92 Å². The molecule has 0 unspecified atom stereocenters. The van der Waals surface area contributed by atoms with Crippen LogP contribution in [-0.2, 0) is 135 Å². The fourth-order valence-corrected chi connectivity index (χ4v) is 12.5. The highest BCUT2D eigenvalue weighted by atomic mass is 16.8. The van der Waals surface area contributed by atoms with Crippen molar-refractivity contribution in [1.29, 1.82) is 0 Å². The van der Waals surface area contributed by atoms with Gasteiger partial charge in [0, 0.05) is 6.92 Å². The molecule has 3 fully saturated rings. The highest BCUT2D eigenvalue weighted by Crippen LogP contribution is 2.38. The number of rotatable bonds is 35. The SMILES string of the molecule is CC(=O)O[C@H]1[C@@H](OCc2ccccc2)[C@@H](COCc2ccccc2)O[C@@H](O[C@H]2[C@H](OCc3ccccc3)[C@@H](OCc3ccccc3)[C@H](OC[C@H]3O[C@H](O)[C@H](OCc4ccccc4)[C@@H](OCc4ccccc4)[C@@H]3OCc3ccccc3)O[C@@H]2COCc2ccccc2)[C@@H]1OCc1ccccc1. The van der Waals surface area contributed by atoms with E-state index in [0.717, 1.165) is 50.1 Å². The standard InChI is InChI=1S/C83H88O17/c1-59(84)96-77-73(89-50-63-35-17-5-18-36-63)69(56-86-47-60-29-11-2-12-30-60)99-83(80(77)94-55-68-45-27-10-28-46-68)100-74-70(57-87-48-61-31-13-3-14-32-61)98-82(79(93-54-67-43-25-9-26-44-67)76(74)91-52-65-39-21-7-22-40-65)95-58-71-72(88-49-62-33-15-4-16-34-62)75(90-51-64-37-19-6-20-38-64)78(81(85)97-71)92-53-66-41-23-8-24-42-66/h2-46,69-83,85H,47-58H2,1H3/t69-,70-,71-,72-,73+,74-,75+,76+,77+,78-,79-,80-,81+,82-,83+/m1/s1. The van der Waals surface area contributed by atoms with Gasteiger partial charge in [0.15, 0.2) is 25.0 Å². The van der Waals surface area contributed by atoms with Gasteiger partial charge in [0.25, 0.3) is 0 Å². The maximum atomic E-state index is 13.7. The Bertz CT molecular complexity index is 3730. The smallest absolute Gasteiger partial charge is 0.303 e. The summed E-state index contributed by atoms with van der Waals surface area (Å²) in [7, 11) is 0. The van der Waals surface area contributed by atoms with Crippen LogP contribution in [0, 0.1) is 0 Å². The lowest BCUT2D eigenvalue weighted by molar-refractivity contribution is -0.379. The average molecular weight is 1360 g/mol. The molecule has 3 saturated heterocycles. The Morgan fingerprint density at radius 1 is 0.280 bits per heavy atom. The molecular weight excluding hydrogens is 1270 g/mol. The van der Waals surface area contributed by atoms with Crippen molar-refractivity contribution >= 4 is 5.97 Å². The maximum Gasteiger partial charge on any atom is 0.303 e. The van der Waals surface area contributed by atoms with Crippen molar-refractivity contribution in [1.82, 2.24) is 0 Å². The lowest BCUT2D eigenvalue weighted by atomic mass is 9.95. The van der Waals surface area contributed by atoms with Crippen LogP contribution in [0.2, 0.25) is 0 Å². The molecule has 9 aromatic carbocycles. The van der Waals surface area contributed by atoms with E-state index in [2.05, 4.69) is 0 Å². The molecule has 3 aliphatic heterocycles. The summed E-state index contributed by atoms with van der Waals surface area (Å²) >= 11 is 0. The van der Waals surface area contributed by atoms with Crippen molar-refractivity contribution in [2.45, 2.75) is 159 Å². The Labute approximate surface area is 585 Å². The van der Waals surface area contributed by atoms with E-state index in [4.69, 9.17) is 71.1 Å². The van der Waals surface area contributed by atoms with E-state index < -0.39 is 98.1 Å². The second-order valence-corrected chi connectivity index (χ2v) is 25.0. The Morgan fingerprint density at radius 3 is 0.890 bits per heavy atom. The van der Waals surface area contributed by atoms with E-state index in [-0.39, 0.29) is 79.3 Å². The molecule has 0 aliphatic carbocycles. The van der Waals surface area contributed by atoms with Crippen molar-refractivity contribution in [3.05, 3.63) is 323 Å². The van der Waals surface area contributed by atoms with Gasteiger partial charge in [0.1, 0.15) is 67.1 Å². The molecule has 0 aromatic heterocycles. The van der Waals surface area contributed by atoms with Crippen molar-refractivity contribution in [2.24, 2.45) is 0 Å². The van der Waals surface area contributed by atoms with Crippen LogP contribution in [0.4, 0.5) is 0 Å². The van der Waals surface area contributed by atoms with Gasteiger partial charge in [-0.1, -0.05) is 273 Å². The molecule has 3 aliphatic rings. The maximum absolute atomic E-state index is 13.7. The van der Waals surface area contributed by atoms with Crippen LogP contribution in [0.1, 0.15) is 57.0 Å². The largest absolute Gasteiger partial charge is 0.457 e. The second kappa shape index (κ2) is 38.0. The van der Waals surface area contributed by atoms with E-state index in [0.29, 0.717) is 0 Å². The van der Waals surface area contributed by atoms with Gasteiger partial charge in [-0.15, -0.1) is 0 Å². The number of hydrogen-bond donors (Lipinski definition) is 1. The Hall–Kier alpha value is -8.15. The van der Waals surface area contributed by atoms with Gasteiger partial charge in [-0.25, -0.2) is 0 Å². The molecule has 522 valence electrons. The zero-order valence-corrected chi connectivity index (χ0v) is 56.1. The third-order valence-corrected chi connectivity index (χ3v) is 17.6. The summed E-state index contributed by atoms with van der Waals surface area (Å²) in [6.07, 6.45) is -16.5. The highest BCUT2D eigenvalue weighted by Gasteiger charge is 2.56. The van der Waals surface area contributed by atoms with Crippen LogP contribution >= 0.6 is 0 Å². The molecule has 12 rings (SSSR count). The monoisotopic (exact) mass is 1360 g/mol. The molecule has 17 heteroatoms. The first-order valence-electron chi connectivity index (χ1n) is 34.2. The van der Waals surface area contributed by atoms with E-state index in [1.807, 2.05) is 273 Å². The van der Waals surface area contributed by atoms with Crippen LogP contribution in [-0.4, -0.2) is 123 Å². The lowest BCUT2D eigenvalue weighted by Gasteiger charge is -2.50. The molecule has 100 heavy (non-hydrogen) atoms. The van der Waals surface area contributed by atoms with Gasteiger partial charge in [-0.3, -0.25) is 4.79 Å². The molecule has 9 aromatic rings. The minimum Gasteiger partial charge on any atom is -0.457 e. The van der Waals surface area contributed by atoms with Crippen LogP contribution in [0.15, 0.2) is 273 Å². The van der Waals surface area contributed by atoms with Crippen LogP contribution in [0.3, 0.4) is 0 Å². The number of benzene rings is 9. The molecular formula is C83H88O17. The van der Waals surface area contributed by atoms with Crippen molar-refractivity contribution in [2.75, 3.05) is 19.8 Å². The number of ether oxygens (including phenoxy) is 15. The van der Waals surface area contributed by atoms with Crippen molar-refractivity contribution in [3.63, 3.8) is 0 Å². The number of aliphatic hydroxyl groups is 1. The summed E-state index contributed by atoms with van der Waals surface area (Å²) in [4.78, 5) is 13.7. The quantitative estimate of drug-likeness (QED) is 0.0371. The Morgan fingerprint density at radius 2 is 0.540 bits per heavy atom. The summed E-state index contributed by atoms with van der Waals surface area (Å²) in [5.74, 6) is -0.575. The summed E-state index contributed by atoms with van der Waals surface area (Å²) in [6, 6.07) is 88.1. The number of carbonyl (C=O) groups excluding carboxylic acids is 1. The molecule has 0 saturated carbocycles. The molecule has 0 spiro atoms. The first-order chi connectivity index (χ1) is 49.3. The fourth-order valence-electron chi connectivity index (χ4n) is 12.5. The zero-order chi connectivity index (χ0) is 68.3. The third-order valence-electron chi connectivity index (χ3n) is 17.6. The molecule has 0 bridgehead atoms. The van der Waals surface area contributed by atoms with Crippen molar-refractivity contribution < 1.29 is 81.0 Å². The predicted molar refractivity (Wildman–Crippen MR) is 372 cm³/mol. The topological polar surface area (TPSA) is 176 Å². The van der Waals surface area contributed by atoms with Crippen LogP contribution in [0.5, 0.6) is 0 Å². The van der Waals surface area contributed by atoms with Gasteiger partial charge in [-0.05, 0) is 50.1 Å². The summed E-state index contributed by atoms with van der Waals surface area (Å²) in [5, 5.41) is 12.3. The molecule has 17 nitrogen and oxygen atoms in total. The zero-order valence-electron chi connectivity index (χ0n) is 56.1. The highest BCUT2D eigenvalue weighted by molar-refractivity contribution is 5.66. The number of carbonyl (C=O) groups is 1. The van der Waals surface area contributed by atoms with Crippen molar-refractivity contribution in [3.8, 4) is 0 Å². The fraction of sp³-hybridized carbons (Fsp3) is 0.337. The minimum atomic E-state index is -1.51. The summed E-state index contributed by atoms with van der Waals surface area (Å²) in [5.41, 5.74) is 8.02. The second-order valence-electron chi connectivity index (χ2n) is 25.0. The average Bonchev–Trinajstić information content (AvgIpc) is 0.772. The van der Waals surface area contributed by atoms with Gasteiger partial charge in [0.05, 0.1) is 79.3 Å². The number of aliphatic hydroxyl groups excluding tert-OH is 1. The number of hydrogen-bond acceptors (Lipinski definition) is 17. The number of esters is 1. The minimum absolute atomic E-state index is 0.0130. The summed E-state index contributed by atoms with van der Waals surface area (Å²) in [6.45, 7) is 2.35. The Balaban J connectivity index is 0.929. The van der Waals surface area contributed by atoms with Gasteiger partial charge in [-0.2, -0.15) is 0 Å². The van der Waals surface area contributed by atoms with Crippen LogP contribution in [0.25, 0.3) is 0 Å². The van der Waals surface area contributed by atoms with Gasteiger partial charge in [0.2, 0.25) is 0 Å². The van der Waals surface area contributed by atoms with E-state index >= 15 is 0 Å². The first kappa shape index (κ1) is 71.7. The van der Waals surface area contributed by atoms with E-state index in [9.17, 15) is 9.90 Å².